The van der Waals surface area contributed by atoms with Crippen LogP contribution in [-0.2, 0) is 20.4 Å². The van der Waals surface area contributed by atoms with Crippen LogP contribution < -0.4 is 0 Å². The first-order valence-corrected chi connectivity index (χ1v) is 1.91. The molecule has 1 atom stereocenters. The Kier molecular flexibility index (Phi) is 10.2. The molecule has 1 aromatic carbocycles. The summed E-state index contributed by atoms with van der Waals surface area (Å²) in [4.78, 5) is 0. The van der Waals surface area contributed by atoms with Gasteiger partial charge < -0.3 is 0 Å². The maximum atomic E-state index is 2.89. The fourth-order valence-corrected chi connectivity index (χ4v) is 0.342. The van der Waals surface area contributed by atoms with Gasteiger partial charge in [-0.15, -0.1) is 0 Å². The fraction of sp³-hybridized carbons (Fsp3) is 0. The van der Waals surface area contributed by atoms with Crippen LogP contribution in [-0.4, -0.2) is 0 Å². The Bertz CT molecular complexity index is 80.5. The molecule has 1 unspecified atom stereocenters. The van der Waals surface area contributed by atoms with Gasteiger partial charge in [-0.05, 0) is 0 Å². The Balaban J connectivity index is 0. The summed E-state index contributed by atoms with van der Waals surface area (Å²) >= 11 is 0. The van der Waals surface area contributed by atoms with Crippen molar-refractivity contribution in [2.75, 3.05) is 0 Å². The largest absolute Gasteiger partial charge is 0.184 e. The van der Waals surface area contributed by atoms with Crippen molar-refractivity contribution in [3.63, 3.8) is 0 Å². The minimum absolute atomic E-state index is 0. The molecule has 1 aromatic rings. The van der Waals surface area contributed by atoms with E-state index in [9.17, 15) is 0 Å². The van der Waals surface area contributed by atoms with Crippen molar-refractivity contribution in [1.29, 1.82) is 0 Å². The van der Waals surface area contributed by atoms with Crippen molar-refractivity contribution in [3.05, 3.63) is 36.4 Å². The minimum atomic E-state index is 0. The van der Waals surface area contributed by atoms with E-state index >= 15 is 0 Å². The summed E-state index contributed by atoms with van der Waals surface area (Å²) in [5, 5.41) is 0. The summed E-state index contributed by atoms with van der Waals surface area (Å²) < 4.78 is 0. The first kappa shape index (κ1) is 11.2. The van der Waals surface area contributed by atoms with E-state index in [0.29, 0.717) is 0 Å². The summed E-state index contributed by atoms with van der Waals surface area (Å²) in [5.74, 6) is 0. The van der Waals surface area contributed by atoms with Gasteiger partial charge in [0.25, 0.3) is 0 Å². The molecule has 0 saturated carbocycles. The maximum absolute atomic E-state index is 2.89. The Morgan fingerprint density at radius 3 is 1.50 bits per heavy atom. The van der Waals surface area contributed by atoms with Gasteiger partial charge in [-0.1, -0.05) is 0 Å². The molecule has 1 rings (SSSR count). The van der Waals surface area contributed by atoms with Crippen LogP contribution >= 0.6 is 9.90 Å². The molecule has 0 amide bonds. The average Bonchev–Trinajstić information content (AvgIpc) is 1.72. The summed E-state index contributed by atoms with van der Waals surface area (Å²) in [6.07, 6.45) is 0. The smallest absolute Gasteiger partial charge is 0 e. The van der Waals surface area contributed by atoms with E-state index in [1.54, 1.807) is 0 Å². The minimum Gasteiger partial charge on any atom is -0.184 e. The van der Waals surface area contributed by atoms with Crippen LogP contribution in [0.5, 0.6) is 0 Å². The van der Waals surface area contributed by atoms with Crippen LogP contribution in [0.1, 0.15) is 0 Å². The van der Waals surface area contributed by atoms with Crippen LogP contribution in [0.4, 0.5) is 0 Å². The number of rotatable bonds is 0. The monoisotopic (exact) mass is 217 g/mol. The zero-order chi connectivity index (χ0) is 4.24. The molecule has 0 aliphatic heterocycles. The van der Waals surface area contributed by atoms with Gasteiger partial charge in [0.1, 0.15) is 0 Å². The van der Waals surface area contributed by atoms with Gasteiger partial charge in [-0.2, -0.15) is 46.3 Å². The quantitative estimate of drug-likeness (QED) is 0.351. The molecule has 2 heteroatoms. The maximum Gasteiger partial charge on any atom is 0 e. The Morgan fingerprint density at radius 2 is 1.38 bits per heavy atom. The van der Waals surface area contributed by atoms with Gasteiger partial charge in [0.2, 0.25) is 0 Å². The van der Waals surface area contributed by atoms with Crippen molar-refractivity contribution in [2.24, 2.45) is 0 Å². The van der Waals surface area contributed by atoms with E-state index in [4.69, 9.17) is 0 Å². The predicted octanol–water partition coefficient (Wildman–Crippen LogP) is 1.54. The molecular formula is C6H8PPd-. The third-order valence-electron chi connectivity index (χ3n) is 0.607. The van der Waals surface area contributed by atoms with Crippen molar-refractivity contribution < 1.29 is 20.4 Å². The van der Waals surface area contributed by atoms with Gasteiger partial charge in [-0.3, -0.25) is 0 Å². The zero-order valence-electron chi connectivity index (χ0n) is 4.41. The number of hydrogen-bond acceptors (Lipinski definition) is 0. The van der Waals surface area contributed by atoms with Gasteiger partial charge >= 0.3 is 0 Å². The fourth-order valence-electron chi connectivity index (χ4n) is 0.342. The molecule has 0 aliphatic carbocycles. The molecular weight excluding hydrogens is 209 g/mol. The van der Waals surface area contributed by atoms with Crippen LogP contribution in [0.3, 0.4) is 0 Å². The standard InChI is InChI=1S/C6H5.H3P.Pd/c1-2-4-6-5-3-1;;/h1-5H;1H3;/q-1;;. The van der Waals surface area contributed by atoms with Gasteiger partial charge in [0.15, 0.2) is 0 Å². The van der Waals surface area contributed by atoms with Crippen molar-refractivity contribution in [1.82, 2.24) is 0 Å². The molecule has 0 aliphatic rings. The Morgan fingerprint density at radius 1 is 0.875 bits per heavy atom. The van der Waals surface area contributed by atoms with E-state index in [1.807, 2.05) is 30.3 Å². The molecule has 0 nitrogen and oxygen atoms in total. The van der Waals surface area contributed by atoms with Crippen molar-refractivity contribution in [3.8, 4) is 0 Å². The molecule has 0 fully saturated rings. The first-order valence-electron chi connectivity index (χ1n) is 1.91. The van der Waals surface area contributed by atoms with E-state index in [0.717, 1.165) is 0 Å². The van der Waals surface area contributed by atoms with Crippen molar-refractivity contribution >= 4 is 9.90 Å². The third-order valence-corrected chi connectivity index (χ3v) is 0.607. The summed E-state index contributed by atoms with van der Waals surface area (Å²) in [6.45, 7) is 0. The zero-order valence-corrected chi connectivity index (χ0v) is 7.38. The van der Waals surface area contributed by atoms with Crippen LogP contribution in [0.2, 0.25) is 0 Å². The van der Waals surface area contributed by atoms with Crippen LogP contribution in [0, 0.1) is 6.07 Å². The summed E-state index contributed by atoms with van der Waals surface area (Å²) in [6, 6.07) is 12.5. The van der Waals surface area contributed by atoms with E-state index in [-0.39, 0.29) is 30.3 Å². The average molecular weight is 218 g/mol. The molecule has 0 saturated heterocycles. The van der Waals surface area contributed by atoms with Crippen LogP contribution in [0.25, 0.3) is 0 Å². The van der Waals surface area contributed by atoms with Gasteiger partial charge in [0, 0.05) is 20.4 Å². The number of benzene rings is 1. The van der Waals surface area contributed by atoms with E-state index in [2.05, 4.69) is 6.07 Å². The second kappa shape index (κ2) is 7.31. The summed E-state index contributed by atoms with van der Waals surface area (Å²) in [7, 11) is 0. The van der Waals surface area contributed by atoms with E-state index < -0.39 is 0 Å². The molecule has 0 bridgehead atoms. The Labute approximate surface area is 67.0 Å². The van der Waals surface area contributed by atoms with Gasteiger partial charge in [0.05, 0.1) is 0 Å². The normalized spacial score (nSPS) is 6.00. The molecule has 48 valence electrons. The number of hydrogen-bond donors (Lipinski definition) is 0. The second-order valence-electron chi connectivity index (χ2n) is 1.08. The molecule has 0 aromatic heterocycles. The molecule has 0 heterocycles. The van der Waals surface area contributed by atoms with Gasteiger partial charge in [-0.25, -0.2) is 0 Å². The first-order chi connectivity index (χ1) is 3.00. The molecule has 0 spiro atoms. The SMILES string of the molecule is P.[Pd].[c-]1ccccc1. The predicted molar refractivity (Wildman–Crippen MR) is 36.4 cm³/mol. The van der Waals surface area contributed by atoms with E-state index in [1.165, 1.54) is 0 Å². The van der Waals surface area contributed by atoms with Crippen molar-refractivity contribution in [2.45, 2.75) is 0 Å². The molecule has 0 radical (unpaired) electrons. The van der Waals surface area contributed by atoms with Crippen LogP contribution in [0.15, 0.2) is 30.3 Å². The topological polar surface area (TPSA) is 0 Å². The Hall–Kier alpha value is 0.312. The third kappa shape index (κ3) is 4.47. The molecule has 0 N–H and O–H groups in total. The molecule has 8 heavy (non-hydrogen) atoms. The summed E-state index contributed by atoms with van der Waals surface area (Å²) in [5.41, 5.74) is 0. The second-order valence-corrected chi connectivity index (χ2v) is 1.08.